The average molecular weight is 354 g/mol. The van der Waals surface area contributed by atoms with E-state index in [9.17, 15) is 9.59 Å². The van der Waals surface area contributed by atoms with Crippen molar-refractivity contribution in [2.24, 2.45) is 0 Å². The molecular weight excluding hydrogens is 332 g/mol. The van der Waals surface area contributed by atoms with E-state index in [2.05, 4.69) is 10.6 Å². The van der Waals surface area contributed by atoms with Crippen molar-refractivity contribution < 1.29 is 19.1 Å². The zero-order chi connectivity index (χ0) is 18.4. The van der Waals surface area contributed by atoms with Gasteiger partial charge in [-0.3, -0.25) is 9.59 Å². The molecule has 6 heteroatoms. The molecule has 0 aromatic heterocycles. The molecule has 0 saturated carbocycles. The lowest BCUT2D eigenvalue weighted by Crippen LogP contribution is -2.44. The second kappa shape index (κ2) is 8.38. The van der Waals surface area contributed by atoms with Crippen LogP contribution < -0.4 is 20.1 Å². The lowest BCUT2D eigenvalue weighted by molar-refractivity contribution is -0.128. The molecule has 0 aliphatic carbocycles. The Morgan fingerprint density at radius 1 is 1.04 bits per heavy atom. The highest BCUT2D eigenvalue weighted by Crippen LogP contribution is 2.32. The van der Waals surface area contributed by atoms with Crippen molar-refractivity contribution in [2.45, 2.75) is 32.4 Å². The molecule has 0 spiro atoms. The minimum atomic E-state index is -0.581. The maximum atomic E-state index is 12.1. The van der Waals surface area contributed by atoms with Crippen LogP contribution in [0.4, 0.5) is 0 Å². The van der Waals surface area contributed by atoms with Crippen molar-refractivity contribution in [2.75, 3.05) is 6.79 Å². The van der Waals surface area contributed by atoms with Gasteiger partial charge in [0.15, 0.2) is 11.5 Å². The molecule has 2 N–H and O–H groups in total. The van der Waals surface area contributed by atoms with Gasteiger partial charge in [0.05, 0.1) is 0 Å². The number of amides is 2. The molecule has 1 heterocycles. The Bertz CT molecular complexity index is 777. The second-order valence-electron chi connectivity index (χ2n) is 6.18. The van der Waals surface area contributed by atoms with Crippen LogP contribution in [0.3, 0.4) is 0 Å². The van der Waals surface area contributed by atoms with Crippen LogP contribution in [0, 0.1) is 0 Å². The monoisotopic (exact) mass is 354 g/mol. The summed E-state index contributed by atoms with van der Waals surface area (Å²) in [6, 6.07) is 14.7. The Morgan fingerprint density at radius 3 is 2.62 bits per heavy atom. The molecular formula is C20H22N2O4. The molecule has 6 nitrogen and oxygen atoms in total. The van der Waals surface area contributed by atoms with Gasteiger partial charge in [-0.2, -0.15) is 0 Å². The number of fused-ring (bicyclic) bond motifs is 1. The van der Waals surface area contributed by atoms with Crippen molar-refractivity contribution in [3.8, 4) is 11.5 Å². The first-order valence-electron chi connectivity index (χ1n) is 8.61. The first-order chi connectivity index (χ1) is 12.6. The maximum absolute atomic E-state index is 12.1. The number of benzene rings is 2. The van der Waals surface area contributed by atoms with Gasteiger partial charge in [-0.25, -0.2) is 0 Å². The molecule has 0 unspecified atom stereocenters. The van der Waals surface area contributed by atoms with E-state index >= 15 is 0 Å². The predicted molar refractivity (Wildman–Crippen MR) is 96.8 cm³/mol. The summed E-state index contributed by atoms with van der Waals surface area (Å²) in [7, 11) is 0. The van der Waals surface area contributed by atoms with Crippen LogP contribution in [-0.4, -0.2) is 24.6 Å². The largest absolute Gasteiger partial charge is 0.454 e. The third-order valence-corrected chi connectivity index (χ3v) is 4.16. The summed E-state index contributed by atoms with van der Waals surface area (Å²) in [5.74, 6) is 1.06. The van der Waals surface area contributed by atoms with E-state index in [-0.39, 0.29) is 18.6 Å². The number of nitrogens with one attached hydrogen (secondary N) is 2. The molecule has 136 valence electrons. The molecule has 0 bridgehead atoms. The number of carbonyl (C=O) groups excluding carboxylic acids is 2. The Morgan fingerprint density at radius 2 is 1.81 bits per heavy atom. The zero-order valence-corrected chi connectivity index (χ0v) is 14.7. The van der Waals surface area contributed by atoms with Gasteiger partial charge in [0.2, 0.25) is 18.6 Å². The molecule has 1 aliphatic rings. The molecule has 0 radical (unpaired) electrons. The SMILES string of the molecule is C[C@H](NC(=O)CCc1ccc2c(c1)OCO2)C(=O)NCc1ccccc1. The summed E-state index contributed by atoms with van der Waals surface area (Å²) >= 11 is 0. The normalized spacial score (nSPS) is 13.1. The lowest BCUT2D eigenvalue weighted by Gasteiger charge is -2.14. The molecule has 2 amide bonds. The van der Waals surface area contributed by atoms with Gasteiger partial charge in [-0.1, -0.05) is 36.4 Å². The Balaban J connectivity index is 1.41. The number of hydrogen-bond donors (Lipinski definition) is 2. The number of rotatable bonds is 7. The Kier molecular flexibility index (Phi) is 5.73. The minimum absolute atomic E-state index is 0.162. The van der Waals surface area contributed by atoms with Crippen molar-refractivity contribution in [3.63, 3.8) is 0 Å². The van der Waals surface area contributed by atoms with Crippen molar-refractivity contribution >= 4 is 11.8 Å². The number of carbonyl (C=O) groups is 2. The summed E-state index contributed by atoms with van der Waals surface area (Å²) in [5.41, 5.74) is 2.01. The highest BCUT2D eigenvalue weighted by atomic mass is 16.7. The Hall–Kier alpha value is -3.02. The molecule has 1 atom stereocenters. The zero-order valence-electron chi connectivity index (χ0n) is 14.7. The fourth-order valence-electron chi connectivity index (χ4n) is 2.67. The second-order valence-corrected chi connectivity index (χ2v) is 6.18. The summed E-state index contributed by atoms with van der Waals surface area (Å²) in [6.45, 7) is 2.35. The van der Waals surface area contributed by atoms with Gasteiger partial charge in [-0.05, 0) is 36.6 Å². The quantitative estimate of drug-likeness (QED) is 0.799. The maximum Gasteiger partial charge on any atom is 0.242 e. The highest BCUT2D eigenvalue weighted by Gasteiger charge is 2.16. The van der Waals surface area contributed by atoms with Gasteiger partial charge in [0.1, 0.15) is 6.04 Å². The summed E-state index contributed by atoms with van der Waals surface area (Å²) in [4.78, 5) is 24.2. The van der Waals surface area contributed by atoms with E-state index in [1.807, 2.05) is 48.5 Å². The van der Waals surface area contributed by atoms with Crippen molar-refractivity contribution in [3.05, 3.63) is 59.7 Å². The lowest BCUT2D eigenvalue weighted by atomic mass is 10.1. The van der Waals surface area contributed by atoms with E-state index in [1.54, 1.807) is 6.92 Å². The van der Waals surface area contributed by atoms with Crippen LogP contribution in [0.2, 0.25) is 0 Å². The van der Waals surface area contributed by atoms with Crippen LogP contribution in [0.5, 0.6) is 11.5 Å². The van der Waals surface area contributed by atoms with Crippen LogP contribution in [-0.2, 0) is 22.6 Å². The topological polar surface area (TPSA) is 76.7 Å². The first-order valence-corrected chi connectivity index (χ1v) is 8.61. The smallest absolute Gasteiger partial charge is 0.242 e. The highest BCUT2D eigenvalue weighted by molar-refractivity contribution is 5.87. The van der Waals surface area contributed by atoms with Crippen LogP contribution in [0.1, 0.15) is 24.5 Å². The van der Waals surface area contributed by atoms with Gasteiger partial charge in [0.25, 0.3) is 0 Å². The van der Waals surface area contributed by atoms with Crippen LogP contribution in [0.15, 0.2) is 48.5 Å². The summed E-state index contributed by atoms with van der Waals surface area (Å²) in [5, 5.41) is 5.55. The van der Waals surface area contributed by atoms with E-state index in [4.69, 9.17) is 9.47 Å². The van der Waals surface area contributed by atoms with E-state index in [1.165, 1.54) is 0 Å². The fourth-order valence-corrected chi connectivity index (χ4v) is 2.67. The number of hydrogen-bond acceptors (Lipinski definition) is 4. The molecule has 26 heavy (non-hydrogen) atoms. The summed E-state index contributed by atoms with van der Waals surface area (Å²) in [6.07, 6.45) is 0.872. The first kappa shape index (κ1) is 17.8. The van der Waals surface area contributed by atoms with Crippen molar-refractivity contribution in [1.29, 1.82) is 0 Å². The van der Waals surface area contributed by atoms with Crippen LogP contribution in [0.25, 0.3) is 0 Å². The average Bonchev–Trinajstić information content (AvgIpc) is 3.13. The van der Waals surface area contributed by atoms with Crippen LogP contribution >= 0.6 is 0 Å². The van der Waals surface area contributed by atoms with Gasteiger partial charge in [0, 0.05) is 13.0 Å². The molecule has 2 aromatic carbocycles. The van der Waals surface area contributed by atoms with Gasteiger partial charge in [-0.15, -0.1) is 0 Å². The van der Waals surface area contributed by atoms with E-state index < -0.39 is 6.04 Å². The minimum Gasteiger partial charge on any atom is -0.454 e. The number of aryl methyl sites for hydroxylation is 1. The van der Waals surface area contributed by atoms with Gasteiger partial charge >= 0.3 is 0 Å². The van der Waals surface area contributed by atoms with Gasteiger partial charge < -0.3 is 20.1 Å². The predicted octanol–water partition coefficient (Wildman–Crippen LogP) is 2.17. The third kappa shape index (κ3) is 4.75. The van der Waals surface area contributed by atoms with E-state index in [0.717, 1.165) is 16.9 Å². The standard InChI is InChI=1S/C20H22N2O4/c1-14(20(24)21-12-16-5-3-2-4-6-16)22-19(23)10-8-15-7-9-17-18(11-15)26-13-25-17/h2-7,9,11,14H,8,10,12-13H2,1H3,(H,21,24)(H,22,23)/t14-/m0/s1. The molecule has 1 aliphatic heterocycles. The Labute approximate surface area is 152 Å². The molecule has 2 aromatic rings. The molecule has 3 rings (SSSR count). The fraction of sp³-hybridized carbons (Fsp3) is 0.300. The van der Waals surface area contributed by atoms with E-state index in [0.29, 0.717) is 25.1 Å². The third-order valence-electron chi connectivity index (χ3n) is 4.16. The number of ether oxygens (including phenoxy) is 2. The summed E-state index contributed by atoms with van der Waals surface area (Å²) < 4.78 is 10.6. The molecule has 0 fully saturated rings. The van der Waals surface area contributed by atoms with Crippen molar-refractivity contribution in [1.82, 2.24) is 10.6 Å². The molecule has 0 saturated heterocycles.